The highest BCUT2D eigenvalue weighted by atomic mass is 16.3. The lowest BCUT2D eigenvalue weighted by atomic mass is 10.1. The Labute approximate surface area is 96.5 Å². The van der Waals surface area contributed by atoms with E-state index in [9.17, 15) is 10.2 Å². The van der Waals surface area contributed by atoms with Crippen molar-refractivity contribution in [2.45, 2.75) is 6.10 Å². The molecule has 0 aliphatic rings. The number of phenols is 3. The smallest absolute Gasteiger partial charge is 0.200 e. The minimum absolute atomic E-state index is 0.170. The number of phenolic OH excluding ortho intramolecular Hbond substituents is 3. The van der Waals surface area contributed by atoms with Gasteiger partial charge in [0.1, 0.15) is 0 Å². The molecule has 1 atom stereocenters. The molecule has 0 spiro atoms. The topological polar surface area (TPSA) is 128 Å². The van der Waals surface area contributed by atoms with Crippen LogP contribution in [-0.4, -0.2) is 26.5 Å². The van der Waals surface area contributed by atoms with Crippen LogP contribution < -0.4 is 0 Å². The fourth-order valence-electron chi connectivity index (χ4n) is 1.13. The molecule has 1 rings (SSSR count). The summed E-state index contributed by atoms with van der Waals surface area (Å²) in [5.41, 5.74) is -0.0689. The Morgan fingerprint density at radius 3 is 2.12 bits per heavy atom. The molecule has 0 radical (unpaired) electrons. The predicted molar refractivity (Wildman–Crippen MR) is 56.6 cm³/mol. The highest BCUT2D eigenvalue weighted by Crippen LogP contribution is 2.36. The van der Waals surface area contributed by atoms with Gasteiger partial charge >= 0.3 is 0 Å². The summed E-state index contributed by atoms with van der Waals surface area (Å²) >= 11 is 0. The van der Waals surface area contributed by atoms with E-state index < -0.39 is 23.4 Å². The first-order valence-corrected chi connectivity index (χ1v) is 4.44. The maximum absolute atomic E-state index is 9.21. The molecule has 6 nitrogen and oxygen atoms in total. The number of rotatable bonds is 2. The van der Waals surface area contributed by atoms with Gasteiger partial charge in [0, 0.05) is 0 Å². The van der Waals surface area contributed by atoms with Crippen molar-refractivity contribution in [2.75, 3.05) is 0 Å². The zero-order valence-electron chi connectivity index (χ0n) is 8.49. The zero-order chi connectivity index (χ0) is 13.0. The lowest BCUT2D eigenvalue weighted by Gasteiger charge is -2.04. The van der Waals surface area contributed by atoms with E-state index >= 15 is 0 Å². The minimum Gasteiger partial charge on any atom is -0.504 e. The van der Waals surface area contributed by atoms with Crippen LogP contribution in [0, 0.1) is 22.7 Å². The summed E-state index contributed by atoms with van der Waals surface area (Å²) < 4.78 is 0. The van der Waals surface area contributed by atoms with Crippen molar-refractivity contribution in [2.24, 2.45) is 0 Å². The molecule has 17 heavy (non-hydrogen) atoms. The van der Waals surface area contributed by atoms with Crippen molar-refractivity contribution in [3.63, 3.8) is 0 Å². The van der Waals surface area contributed by atoms with E-state index in [-0.39, 0.29) is 11.1 Å². The van der Waals surface area contributed by atoms with Gasteiger partial charge in [-0.1, -0.05) is 0 Å². The highest BCUT2D eigenvalue weighted by Gasteiger charge is 2.11. The molecule has 0 saturated heterocycles. The highest BCUT2D eigenvalue weighted by molar-refractivity contribution is 5.65. The van der Waals surface area contributed by atoms with E-state index in [0.717, 1.165) is 18.2 Å². The molecule has 0 aliphatic heterocycles. The summed E-state index contributed by atoms with van der Waals surface area (Å²) in [5, 5.41) is 53.8. The standard InChI is InChI=1S/C11H8N2O4/c12-4-7(10(16)5-13)1-6-2-8(14)11(17)9(15)3-6/h1-3,10,14-17H. The molecule has 6 heteroatoms. The van der Waals surface area contributed by atoms with Crippen molar-refractivity contribution in [3.05, 3.63) is 23.3 Å². The summed E-state index contributed by atoms with van der Waals surface area (Å²) in [5.74, 6) is -1.82. The predicted octanol–water partition coefficient (Wildman–Crippen LogP) is 0.595. The van der Waals surface area contributed by atoms with E-state index in [2.05, 4.69) is 0 Å². The number of nitrogens with zero attached hydrogens (tertiary/aromatic N) is 2. The lowest BCUT2D eigenvalue weighted by molar-refractivity contribution is 0.271. The summed E-state index contributed by atoms with van der Waals surface area (Å²) in [6, 6.07) is 5.24. The van der Waals surface area contributed by atoms with E-state index in [0.29, 0.717) is 0 Å². The summed E-state index contributed by atoms with van der Waals surface area (Å²) in [6.07, 6.45) is -0.467. The molecule has 0 saturated carbocycles. The van der Waals surface area contributed by atoms with Gasteiger partial charge in [-0.3, -0.25) is 0 Å². The van der Waals surface area contributed by atoms with E-state index in [1.54, 1.807) is 6.07 Å². The zero-order valence-corrected chi connectivity index (χ0v) is 8.49. The van der Waals surface area contributed by atoms with Gasteiger partial charge in [0.2, 0.25) is 0 Å². The van der Waals surface area contributed by atoms with Gasteiger partial charge in [-0.05, 0) is 23.8 Å². The van der Waals surface area contributed by atoms with Crippen LogP contribution in [0.3, 0.4) is 0 Å². The quantitative estimate of drug-likeness (QED) is 0.335. The largest absolute Gasteiger partial charge is 0.504 e. The van der Waals surface area contributed by atoms with Crippen LogP contribution in [0.2, 0.25) is 0 Å². The lowest BCUT2D eigenvalue weighted by Crippen LogP contribution is -2.04. The Bertz CT molecular complexity index is 529. The third-order valence-corrected chi connectivity index (χ3v) is 1.96. The number of aromatic hydroxyl groups is 3. The molecule has 0 aliphatic carbocycles. The Morgan fingerprint density at radius 1 is 1.18 bits per heavy atom. The van der Waals surface area contributed by atoms with Gasteiger partial charge < -0.3 is 20.4 Å². The molecule has 1 aromatic carbocycles. The molecule has 1 aromatic rings. The van der Waals surface area contributed by atoms with Gasteiger partial charge in [-0.25, -0.2) is 0 Å². The number of hydrogen-bond acceptors (Lipinski definition) is 6. The summed E-state index contributed by atoms with van der Waals surface area (Å²) in [6.45, 7) is 0. The van der Waals surface area contributed by atoms with Crippen molar-refractivity contribution in [1.29, 1.82) is 10.5 Å². The van der Waals surface area contributed by atoms with Crippen molar-refractivity contribution in [1.82, 2.24) is 0 Å². The molecule has 86 valence electrons. The Morgan fingerprint density at radius 2 is 1.71 bits per heavy atom. The van der Waals surface area contributed by atoms with Gasteiger partial charge in [0.15, 0.2) is 23.4 Å². The molecule has 0 aromatic heterocycles. The third kappa shape index (κ3) is 2.65. The second-order valence-electron chi connectivity index (χ2n) is 3.15. The molecule has 0 fully saturated rings. The van der Waals surface area contributed by atoms with Gasteiger partial charge in [0.05, 0.1) is 17.7 Å². The van der Waals surface area contributed by atoms with Gasteiger partial charge in [-0.2, -0.15) is 10.5 Å². The maximum atomic E-state index is 9.21. The van der Waals surface area contributed by atoms with Gasteiger partial charge in [0.25, 0.3) is 0 Å². The van der Waals surface area contributed by atoms with E-state index in [1.807, 2.05) is 0 Å². The first kappa shape index (κ1) is 12.4. The Hall–Kier alpha value is -2.70. The van der Waals surface area contributed by atoms with Crippen LogP contribution in [0.1, 0.15) is 5.56 Å². The monoisotopic (exact) mass is 232 g/mol. The summed E-state index contributed by atoms with van der Waals surface area (Å²) in [4.78, 5) is 0. The molecular formula is C11H8N2O4. The number of benzene rings is 1. The molecule has 1 unspecified atom stereocenters. The SMILES string of the molecule is N#CC(=Cc1cc(O)c(O)c(O)c1)C(O)C#N. The molecule has 0 heterocycles. The van der Waals surface area contributed by atoms with Crippen molar-refractivity contribution in [3.8, 4) is 29.4 Å². The van der Waals surface area contributed by atoms with Crippen LogP contribution in [-0.2, 0) is 0 Å². The van der Waals surface area contributed by atoms with Crippen LogP contribution >= 0.6 is 0 Å². The number of nitriles is 2. The second kappa shape index (κ2) is 4.88. The molecule has 0 amide bonds. The molecular weight excluding hydrogens is 224 g/mol. The second-order valence-corrected chi connectivity index (χ2v) is 3.15. The summed E-state index contributed by atoms with van der Waals surface area (Å²) in [7, 11) is 0. The number of aliphatic hydroxyl groups is 1. The first-order valence-electron chi connectivity index (χ1n) is 4.44. The Kier molecular flexibility index (Phi) is 3.55. The van der Waals surface area contributed by atoms with Crippen LogP contribution in [0.4, 0.5) is 0 Å². The van der Waals surface area contributed by atoms with Crippen molar-refractivity contribution < 1.29 is 20.4 Å². The van der Waals surface area contributed by atoms with E-state index in [4.69, 9.17) is 20.7 Å². The number of hydrogen-bond donors (Lipinski definition) is 4. The fourth-order valence-corrected chi connectivity index (χ4v) is 1.13. The third-order valence-electron chi connectivity index (χ3n) is 1.96. The first-order chi connectivity index (χ1) is 7.99. The average molecular weight is 232 g/mol. The van der Waals surface area contributed by atoms with Crippen LogP contribution in [0.15, 0.2) is 17.7 Å². The van der Waals surface area contributed by atoms with Crippen LogP contribution in [0.25, 0.3) is 6.08 Å². The average Bonchev–Trinajstić information content (AvgIpc) is 2.31. The van der Waals surface area contributed by atoms with Crippen molar-refractivity contribution >= 4 is 6.08 Å². The van der Waals surface area contributed by atoms with Crippen LogP contribution in [0.5, 0.6) is 17.2 Å². The van der Waals surface area contributed by atoms with E-state index in [1.165, 1.54) is 6.07 Å². The van der Waals surface area contributed by atoms with Gasteiger partial charge in [-0.15, -0.1) is 0 Å². The molecule has 0 bridgehead atoms. The molecule has 4 N–H and O–H groups in total. The maximum Gasteiger partial charge on any atom is 0.200 e. The normalized spacial score (nSPS) is 12.5. The number of aliphatic hydroxyl groups excluding tert-OH is 1. The Balaban J connectivity index is 3.24. The minimum atomic E-state index is -1.59. The fraction of sp³-hybridized carbons (Fsp3) is 0.0909.